The van der Waals surface area contributed by atoms with E-state index in [1.807, 2.05) is 0 Å². The molecule has 0 aromatic carbocycles. The van der Waals surface area contributed by atoms with Crippen LogP contribution in [-0.4, -0.2) is 35.6 Å². The molecule has 0 radical (unpaired) electrons. The normalized spacial score (nSPS) is 11.9. The largest absolute Gasteiger partial charge is 0.417 e. The minimum atomic E-state index is -4.47. The van der Waals surface area contributed by atoms with Crippen LogP contribution in [-0.2, 0) is 10.9 Å². The van der Waals surface area contributed by atoms with Crippen molar-refractivity contribution in [2.45, 2.75) is 19.5 Å². The summed E-state index contributed by atoms with van der Waals surface area (Å²) in [5, 5.41) is 2.65. The maximum atomic E-state index is 12.8. The van der Waals surface area contributed by atoms with Gasteiger partial charge in [0.1, 0.15) is 11.3 Å². The molecule has 1 N–H and O–H groups in total. The number of hydrogen-bond acceptors (Lipinski definition) is 3. The second-order valence-electron chi connectivity index (χ2n) is 4.79. The van der Waals surface area contributed by atoms with E-state index in [9.17, 15) is 18.0 Å². The Bertz CT molecular complexity index is 680. The average molecular weight is 315 g/mol. The SMILES string of the molecule is COCCCNC(=O)c1c(C)nc2ccc(C(F)(F)F)cn12. The Morgan fingerprint density at radius 3 is 2.77 bits per heavy atom. The molecule has 0 bridgehead atoms. The van der Waals surface area contributed by atoms with Crippen molar-refractivity contribution in [1.29, 1.82) is 0 Å². The van der Waals surface area contributed by atoms with Crippen LogP contribution < -0.4 is 5.32 Å². The van der Waals surface area contributed by atoms with Crippen molar-refractivity contribution in [2.75, 3.05) is 20.3 Å². The number of rotatable bonds is 5. The number of aryl methyl sites for hydroxylation is 1. The molecule has 2 heterocycles. The third-order valence-corrected chi connectivity index (χ3v) is 3.15. The number of nitrogens with zero attached hydrogens (tertiary/aromatic N) is 2. The Kier molecular flexibility index (Phi) is 4.70. The zero-order valence-electron chi connectivity index (χ0n) is 12.2. The highest BCUT2D eigenvalue weighted by Crippen LogP contribution is 2.29. The van der Waals surface area contributed by atoms with Crippen molar-refractivity contribution in [1.82, 2.24) is 14.7 Å². The molecule has 1 amide bonds. The number of fused-ring (bicyclic) bond motifs is 1. The van der Waals surface area contributed by atoms with Crippen LogP contribution in [0.4, 0.5) is 13.2 Å². The molecule has 0 aliphatic carbocycles. The summed E-state index contributed by atoms with van der Waals surface area (Å²) in [4.78, 5) is 16.3. The van der Waals surface area contributed by atoms with E-state index in [1.165, 1.54) is 10.5 Å². The first-order valence-electron chi connectivity index (χ1n) is 6.67. The molecule has 2 aromatic heterocycles. The topological polar surface area (TPSA) is 55.6 Å². The number of alkyl halides is 3. The average Bonchev–Trinajstić information content (AvgIpc) is 2.77. The summed E-state index contributed by atoms with van der Waals surface area (Å²) in [5.41, 5.74) is -0.0412. The van der Waals surface area contributed by atoms with Gasteiger partial charge in [0.2, 0.25) is 0 Å². The van der Waals surface area contributed by atoms with Crippen molar-refractivity contribution < 1.29 is 22.7 Å². The monoisotopic (exact) mass is 315 g/mol. The molecule has 0 unspecified atom stereocenters. The van der Waals surface area contributed by atoms with E-state index in [-0.39, 0.29) is 5.69 Å². The van der Waals surface area contributed by atoms with Crippen molar-refractivity contribution in [2.24, 2.45) is 0 Å². The van der Waals surface area contributed by atoms with Crippen LogP contribution in [0.15, 0.2) is 18.3 Å². The zero-order chi connectivity index (χ0) is 16.3. The summed E-state index contributed by atoms with van der Waals surface area (Å²) in [6.45, 7) is 2.45. The van der Waals surface area contributed by atoms with Gasteiger partial charge in [-0.25, -0.2) is 4.98 Å². The molecule has 5 nitrogen and oxygen atoms in total. The molecule has 0 aliphatic heterocycles. The number of hydrogen-bond donors (Lipinski definition) is 1. The summed E-state index contributed by atoms with van der Waals surface area (Å²) in [6.07, 6.45) is -2.97. The summed E-state index contributed by atoms with van der Waals surface area (Å²) in [7, 11) is 1.55. The van der Waals surface area contributed by atoms with Gasteiger partial charge in [0.25, 0.3) is 5.91 Å². The molecular formula is C14H16F3N3O2. The highest BCUT2D eigenvalue weighted by molar-refractivity contribution is 5.94. The van der Waals surface area contributed by atoms with Crippen molar-refractivity contribution >= 4 is 11.6 Å². The smallest absolute Gasteiger partial charge is 0.385 e. The number of carbonyl (C=O) groups excluding carboxylic acids is 1. The Balaban J connectivity index is 2.32. The van der Waals surface area contributed by atoms with E-state index in [2.05, 4.69) is 10.3 Å². The lowest BCUT2D eigenvalue weighted by atomic mass is 10.2. The first kappa shape index (κ1) is 16.3. The maximum Gasteiger partial charge on any atom is 0.417 e. The fraction of sp³-hybridized carbons (Fsp3) is 0.429. The lowest BCUT2D eigenvalue weighted by Gasteiger charge is -2.09. The minimum Gasteiger partial charge on any atom is -0.385 e. The summed E-state index contributed by atoms with van der Waals surface area (Å²) < 4.78 is 44.4. The van der Waals surface area contributed by atoms with Gasteiger partial charge in [-0.1, -0.05) is 0 Å². The number of carbonyl (C=O) groups is 1. The van der Waals surface area contributed by atoms with Crippen LogP contribution in [0.3, 0.4) is 0 Å². The Morgan fingerprint density at radius 2 is 2.14 bits per heavy atom. The molecule has 2 aromatic rings. The van der Waals surface area contributed by atoms with E-state index in [4.69, 9.17) is 4.74 Å². The number of nitrogens with one attached hydrogen (secondary N) is 1. The number of pyridine rings is 1. The number of amides is 1. The van der Waals surface area contributed by atoms with Crippen molar-refractivity contribution in [3.8, 4) is 0 Å². The van der Waals surface area contributed by atoms with E-state index >= 15 is 0 Å². The maximum absolute atomic E-state index is 12.8. The molecule has 22 heavy (non-hydrogen) atoms. The van der Waals surface area contributed by atoms with Crippen LogP contribution in [0.1, 0.15) is 28.2 Å². The van der Waals surface area contributed by atoms with Gasteiger partial charge >= 0.3 is 6.18 Å². The summed E-state index contributed by atoms with van der Waals surface area (Å²) in [6, 6.07) is 2.19. The van der Waals surface area contributed by atoms with Gasteiger partial charge < -0.3 is 10.1 Å². The van der Waals surface area contributed by atoms with Crippen LogP contribution in [0, 0.1) is 6.92 Å². The first-order valence-corrected chi connectivity index (χ1v) is 6.67. The van der Waals surface area contributed by atoms with Crippen molar-refractivity contribution in [3.05, 3.63) is 35.3 Å². The van der Waals surface area contributed by atoms with E-state index in [0.29, 0.717) is 30.9 Å². The highest BCUT2D eigenvalue weighted by Gasteiger charge is 2.31. The Morgan fingerprint density at radius 1 is 1.41 bits per heavy atom. The van der Waals surface area contributed by atoms with Crippen LogP contribution in [0.2, 0.25) is 0 Å². The quantitative estimate of drug-likeness (QED) is 0.862. The lowest BCUT2D eigenvalue weighted by Crippen LogP contribution is -2.27. The molecule has 0 atom stereocenters. The van der Waals surface area contributed by atoms with Crippen LogP contribution >= 0.6 is 0 Å². The van der Waals surface area contributed by atoms with Crippen LogP contribution in [0.5, 0.6) is 0 Å². The number of methoxy groups -OCH3 is 1. The molecule has 2 rings (SSSR count). The number of aromatic nitrogens is 2. The molecule has 0 fully saturated rings. The first-order chi connectivity index (χ1) is 10.3. The summed E-state index contributed by atoms with van der Waals surface area (Å²) >= 11 is 0. The third kappa shape index (κ3) is 3.38. The van der Waals surface area contributed by atoms with E-state index in [1.54, 1.807) is 14.0 Å². The second kappa shape index (κ2) is 6.35. The number of imidazole rings is 1. The Labute approximate surface area is 125 Å². The second-order valence-corrected chi connectivity index (χ2v) is 4.79. The Hall–Kier alpha value is -2.09. The molecule has 0 saturated carbocycles. The standard InChI is InChI=1S/C14H16F3N3O2/c1-9-12(13(21)18-6-3-7-22-2)20-8-10(14(15,16)17)4-5-11(20)19-9/h4-5,8H,3,6-7H2,1-2H3,(H,18,21). The molecular weight excluding hydrogens is 299 g/mol. The zero-order valence-corrected chi connectivity index (χ0v) is 12.2. The summed E-state index contributed by atoms with van der Waals surface area (Å²) in [5.74, 6) is -0.458. The van der Waals surface area contributed by atoms with Gasteiger partial charge in [-0.05, 0) is 25.5 Å². The fourth-order valence-corrected chi connectivity index (χ4v) is 2.11. The predicted molar refractivity (Wildman–Crippen MR) is 73.8 cm³/mol. The van der Waals surface area contributed by atoms with E-state index < -0.39 is 17.6 Å². The van der Waals surface area contributed by atoms with Crippen LogP contribution in [0.25, 0.3) is 5.65 Å². The van der Waals surface area contributed by atoms with Gasteiger partial charge in [0.15, 0.2) is 0 Å². The van der Waals surface area contributed by atoms with Gasteiger partial charge in [0, 0.05) is 26.5 Å². The molecule has 120 valence electrons. The third-order valence-electron chi connectivity index (χ3n) is 3.15. The molecule has 0 saturated heterocycles. The molecule has 0 spiro atoms. The molecule has 8 heteroatoms. The number of halogens is 3. The number of ether oxygens (including phenoxy) is 1. The van der Waals surface area contributed by atoms with Gasteiger partial charge in [0.05, 0.1) is 11.3 Å². The van der Waals surface area contributed by atoms with E-state index in [0.717, 1.165) is 12.3 Å². The minimum absolute atomic E-state index is 0.110. The molecule has 0 aliphatic rings. The van der Waals surface area contributed by atoms with Gasteiger partial charge in [-0.3, -0.25) is 9.20 Å². The van der Waals surface area contributed by atoms with Gasteiger partial charge in [-0.2, -0.15) is 13.2 Å². The fourth-order valence-electron chi connectivity index (χ4n) is 2.11. The lowest BCUT2D eigenvalue weighted by molar-refractivity contribution is -0.137. The van der Waals surface area contributed by atoms with Gasteiger partial charge in [-0.15, -0.1) is 0 Å². The van der Waals surface area contributed by atoms with Crippen molar-refractivity contribution in [3.63, 3.8) is 0 Å². The highest BCUT2D eigenvalue weighted by atomic mass is 19.4. The predicted octanol–water partition coefficient (Wildman–Crippen LogP) is 2.43.